The van der Waals surface area contributed by atoms with Gasteiger partial charge in [-0.1, -0.05) is 0 Å². The fourth-order valence-corrected chi connectivity index (χ4v) is 1.70. The molecule has 0 radical (unpaired) electrons. The highest BCUT2D eigenvalue weighted by Crippen LogP contribution is 2.32. The molecule has 1 aliphatic carbocycles. The van der Waals surface area contributed by atoms with Crippen LogP contribution in [0.2, 0.25) is 0 Å². The van der Waals surface area contributed by atoms with Crippen LogP contribution in [0.3, 0.4) is 0 Å². The van der Waals surface area contributed by atoms with E-state index in [-0.39, 0.29) is 11.8 Å². The van der Waals surface area contributed by atoms with Crippen molar-refractivity contribution in [3.05, 3.63) is 30.7 Å². The molecule has 76 valence electrons. The van der Waals surface area contributed by atoms with E-state index in [1.165, 1.54) is 0 Å². The molecule has 0 spiro atoms. The van der Waals surface area contributed by atoms with Crippen LogP contribution < -0.4 is 0 Å². The van der Waals surface area contributed by atoms with E-state index in [1.807, 2.05) is 12.1 Å². The standard InChI is InChI=1S/C11H11N3O/c15-11(8-3-4-8)14-7-1-2-9(14)10-12-5-6-13-10/h1-2,5-8H,3-4H2,(H,12,13). The predicted octanol–water partition coefficient (Wildman–Crippen LogP) is 1.93. The number of H-pyrrole nitrogens is 1. The van der Waals surface area contributed by atoms with Crippen molar-refractivity contribution >= 4 is 5.91 Å². The Hall–Kier alpha value is -1.84. The van der Waals surface area contributed by atoms with E-state index in [1.54, 1.807) is 23.2 Å². The Kier molecular flexibility index (Phi) is 1.74. The summed E-state index contributed by atoms with van der Waals surface area (Å²) in [7, 11) is 0. The second-order valence-electron chi connectivity index (χ2n) is 3.81. The van der Waals surface area contributed by atoms with Crippen LogP contribution in [0.15, 0.2) is 30.7 Å². The molecule has 0 aromatic carbocycles. The fraction of sp³-hybridized carbons (Fsp3) is 0.273. The maximum atomic E-state index is 11.9. The van der Waals surface area contributed by atoms with Crippen LogP contribution in [0.25, 0.3) is 11.5 Å². The van der Waals surface area contributed by atoms with Crippen molar-refractivity contribution in [3.63, 3.8) is 0 Å². The van der Waals surface area contributed by atoms with Gasteiger partial charge in [0.1, 0.15) is 0 Å². The highest BCUT2D eigenvalue weighted by Gasteiger charge is 2.31. The summed E-state index contributed by atoms with van der Waals surface area (Å²) in [5, 5.41) is 0. The van der Waals surface area contributed by atoms with E-state index < -0.39 is 0 Å². The Bertz CT molecular complexity index is 480. The van der Waals surface area contributed by atoms with Gasteiger partial charge in [-0.05, 0) is 25.0 Å². The molecular weight excluding hydrogens is 190 g/mol. The van der Waals surface area contributed by atoms with Crippen molar-refractivity contribution in [3.8, 4) is 11.5 Å². The Morgan fingerprint density at radius 1 is 1.53 bits per heavy atom. The van der Waals surface area contributed by atoms with Gasteiger partial charge in [0.2, 0.25) is 5.91 Å². The first-order valence-electron chi connectivity index (χ1n) is 5.07. The first-order valence-corrected chi connectivity index (χ1v) is 5.07. The number of nitrogens with zero attached hydrogens (tertiary/aromatic N) is 2. The first kappa shape index (κ1) is 8.47. The number of carbonyl (C=O) groups excluding carboxylic acids is 1. The molecule has 0 saturated heterocycles. The molecule has 1 fully saturated rings. The van der Waals surface area contributed by atoms with Crippen LogP contribution >= 0.6 is 0 Å². The van der Waals surface area contributed by atoms with Crippen LogP contribution in [0, 0.1) is 5.92 Å². The van der Waals surface area contributed by atoms with Gasteiger partial charge in [0, 0.05) is 24.5 Å². The molecule has 0 atom stereocenters. The zero-order valence-corrected chi connectivity index (χ0v) is 8.18. The van der Waals surface area contributed by atoms with Crippen molar-refractivity contribution in [2.45, 2.75) is 12.8 Å². The average Bonchev–Trinajstić information content (AvgIpc) is 2.80. The largest absolute Gasteiger partial charge is 0.343 e. The van der Waals surface area contributed by atoms with E-state index in [4.69, 9.17) is 0 Å². The van der Waals surface area contributed by atoms with Gasteiger partial charge in [0.05, 0.1) is 5.69 Å². The molecular formula is C11H11N3O. The number of imidazole rings is 1. The Morgan fingerprint density at radius 2 is 2.40 bits per heavy atom. The van der Waals surface area contributed by atoms with Crippen LogP contribution in [0.4, 0.5) is 0 Å². The number of hydrogen-bond donors (Lipinski definition) is 1. The zero-order chi connectivity index (χ0) is 10.3. The SMILES string of the molecule is O=C(C1CC1)n1cccc1-c1ncc[nH]1. The highest BCUT2D eigenvalue weighted by atomic mass is 16.2. The summed E-state index contributed by atoms with van der Waals surface area (Å²) in [5.74, 6) is 1.16. The minimum absolute atomic E-state index is 0.186. The molecule has 0 aliphatic heterocycles. The van der Waals surface area contributed by atoms with Gasteiger partial charge >= 0.3 is 0 Å². The lowest BCUT2D eigenvalue weighted by Gasteiger charge is -2.04. The average molecular weight is 201 g/mol. The summed E-state index contributed by atoms with van der Waals surface area (Å²) in [4.78, 5) is 19.1. The highest BCUT2D eigenvalue weighted by molar-refractivity contribution is 5.87. The van der Waals surface area contributed by atoms with Gasteiger partial charge in [0.25, 0.3) is 0 Å². The molecule has 4 heteroatoms. The van der Waals surface area contributed by atoms with Crippen molar-refractivity contribution in [2.75, 3.05) is 0 Å². The molecule has 0 unspecified atom stereocenters. The summed E-state index contributed by atoms with van der Waals surface area (Å²) in [5.41, 5.74) is 0.844. The van der Waals surface area contributed by atoms with Gasteiger partial charge in [0.15, 0.2) is 5.82 Å². The van der Waals surface area contributed by atoms with Crippen LogP contribution in [-0.4, -0.2) is 20.4 Å². The summed E-state index contributed by atoms with van der Waals surface area (Å²) < 4.78 is 1.69. The van der Waals surface area contributed by atoms with E-state index in [0.717, 1.165) is 24.4 Å². The van der Waals surface area contributed by atoms with Crippen molar-refractivity contribution in [1.29, 1.82) is 0 Å². The van der Waals surface area contributed by atoms with Crippen molar-refractivity contribution < 1.29 is 4.79 Å². The van der Waals surface area contributed by atoms with Crippen LogP contribution in [-0.2, 0) is 0 Å². The third kappa shape index (κ3) is 1.38. The summed E-state index contributed by atoms with van der Waals surface area (Å²) >= 11 is 0. The minimum Gasteiger partial charge on any atom is -0.343 e. The third-order valence-corrected chi connectivity index (χ3v) is 2.65. The maximum Gasteiger partial charge on any atom is 0.234 e. The number of aromatic amines is 1. The molecule has 0 amide bonds. The molecule has 2 aromatic rings. The first-order chi connectivity index (χ1) is 7.36. The molecule has 15 heavy (non-hydrogen) atoms. The number of hydrogen-bond acceptors (Lipinski definition) is 2. The van der Waals surface area contributed by atoms with Gasteiger partial charge in [-0.15, -0.1) is 0 Å². The van der Waals surface area contributed by atoms with E-state index in [0.29, 0.717) is 0 Å². The van der Waals surface area contributed by atoms with Gasteiger partial charge < -0.3 is 4.98 Å². The van der Waals surface area contributed by atoms with Crippen molar-refractivity contribution in [2.24, 2.45) is 5.92 Å². The molecule has 2 heterocycles. The second-order valence-corrected chi connectivity index (χ2v) is 3.81. The van der Waals surface area contributed by atoms with Crippen LogP contribution in [0.1, 0.15) is 17.6 Å². The molecule has 4 nitrogen and oxygen atoms in total. The Morgan fingerprint density at radius 3 is 3.07 bits per heavy atom. The molecule has 2 aromatic heterocycles. The van der Waals surface area contributed by atoms with Gasteiger partial charge in [-0.3, -0.25) is 9.36 Å². The zero-order valence-electron chi connectivity index (χ0n) is 8.18. The smallest absolute Gasteiger partial charge is 0.234 e. The lowest BCUT2D eigenvalue weighted by Crippen LogP contribution is -2.12. The fourth-order valence-electron chi connectivity index (χ4n) is 1.70. The quantitative estimate of drug-likeness (QED) is 0.807. The summed E-state index contributed by atoms with van der Waals surface area (Å²) in [6, 6.07) is 3.78. The molecule has 1 aliphatic rings. The Labute approximate surface area is 87.0 Å². The van der Waals surface area contributed by atoms with Crippen LogP contribution in [0.5, 0.6) is 0 Å². The van der Waals surface area contributed by atoms with Gasteiger partial charge in [-0.2, -0.15) is 0 Å². The molecule has 0 bridgehead atoms. The maximum absolute atomic E-state index is 11.9. The summed E-state index contributed by atoms with van der Waals surface area (Å²) in [6.07, 6.45) is 7.30. The summed E-state index contributed by atoms with van der Waals surface area (Å²) in [6.45, 7) is 0. The second kappa shape index (κ2) is 3.08. The number of rotatable bonds is 2. The van der Waals surface area contributed by atoms with Crippen molar-refractivity contribution in [1.82, 2.24) is 14.5 Å². The monoisotopic (exact) mass is 201 g/mol. The molecule has 1 N–H and O–H groups in total. The third-order valence-electron chi connectivity index (χ3n) is 2.65. The van der Waals surface area contributed by atoms with E-state index in [9.17, 15) is 4.79 Å². The molecule has 1 saturated carbocycles. The van der Waals surface area contributed by atoms with Gasteiger partial charge in [-0.25, -0.2) is 4.98 Å². The Balaban J connectivity index is 2.02. The number of carbonyl (C=O) groups is 1. The number of nitrogens with one attached hydrogen (secondary N) is 1. The molecule has 3 rings (SSSR count). The topological polar surface area (TPSA) is 50.7 Å². The predicted molar refractivity (Wildman–Crippen MR) is 55.4 cm³/mol. The van der Waals surface area contributed by atoms with E-state index >= 15 is 0 Å². The number of aromatic nitrogens is 3. The van der Waals surface area contributed by atoms with E-state index in [2.05, 4.69) is 9.97 Å². The minimum atomic E-state index is 0.186. The normalized spacial score (nSPS) is 15.5. The lowest BCUT2D eigenvalue weighted by atomic mass is 10.3. The lowest BCUT2D eigenvalue weighted by molar-refractivity contribution is 0.0888.